The predicted molar refractivity (Wildman–Crippen MR) is 278 cm³/mol. The molecule has 3 nitrogen and oxygen atoms in total. The third kappa shape index (κ3) is 5.20. The molecule has 14 rings (SSSR count). The first-order valence-corrected chi connectivity index (χ1v) is 22.8. The van der Waals surface area contributed by atoms with Crippen LogP contribution >= 0.6 is 0 Å². The fourth-order valence-corrected chi connectivity index (χ4v) is 11.5. The predicted octanol–water partition coefficient (Wildman–Crippen LogP) is 18.2. The van der Waals surface area contributed by atoms with Crippen LogP contribution in [0.2, 0.25) is 0 Å². The van der Waals surface area contributed by atoms with Crippen LogP contribution in [0, 0.1) is 0 Å². The van der Waals surface area contributed by atoms with Crippen LogP contribution in [0.15, 0.2) is 221 Å². The molecule has 0 bridgehead atoms. The van der Waals surface area contributed by atoms with E-state index in [0.717, 1.165) is 87.9 Å². The van der Waals surface area contributed by atoms with Crippen molar-refractivity contribution in [1.82, 2.24) is 0 Å². The van der Waals surface area contributed by atoms with Gasteiger partial charge in [-0.05, 0) is 125 Å². The minimum atomic E-state index is -0.185. The Morgan fingerprint density at radius 3 is 1.53 bits per heavy atom. The quantitative estimate of drug-likeness (QED) is 0.177. The van der Waals surface area contributed by atoms with Crippen molar-refractivity contribution in [1.29, 1.82) is 0 Å². The molecule has 0 saturated carbocycles. The van der Waals surface area contributed by atoms with Crippen LogP contribution in [0.5, 0.6) is 0 Å². The maximum Gasteiger partial charge on any atom is 0.143 e. The van der Waals surface area contributed by atoms with Crippen molar-refractivity contribution >= 4 is 115 Å². The SMILES string of the molecule is CC1(C)c2ccccc2-c2ccc(N(c3ccc4c5ccccc5c5ccccc5c5ccccc5c5c(ccc6c7ccccc7oc65)c4c3)c3cccc4oc5ccccc5c34)cc21. The smallest absolute Gasteiger partial charge is 0.143 e. The Bertz CT molecular complexity index is 4280. The van der Waals surface area contributed by atoms with E-state index in [1.54, 1.807) is 0 Å². The Hall–Kier alpha value is -8.40. The van der Waals surface area contributed by atoms with Crippen molar-refractivity contribution in [2.75, 3.05) is 4.90 Å². The molecule has 3 heteroatoms. The Morgan fingerprint density at radius 1 is 0.318 bits per heavy atom. The summed E-state index contributed by atoms with van der Waals surface area (Å²) in [5.74, 6) is 0. The Morgan fingerprint density at radius 2 is 0.803 bits per heavy atom. The molecule has 2 heterocycles. The number of fused-ring (bicyclic) bond motifs is 20. The number of anilines is 3. The van der Waals surface area contributed by atoms with Crippen LogP contribution in [0.25, 0.3) is 109 Å². The molecule has 0 atom stereocenters. The Labute approximate surface area is 380 Å². The molecular weight excluding hydrogens is 803 g/mol. The lowest BCUT2D eigenvalue weighted by Gasteiger charge is -2.29. The second-order valence-corrected chi connectivity index (χ2v) is 18.3. The number of rotatable bonds is 3. The van der Waals surface area contributed by atoms with Crippen LogP contribution in [0.4, 0.5) is 17.1 Å². The molecule has 0 saturated heterocycles. The lowest BCUT2D eigenvalue weighted by Crippen LogP contribution is -2.16. The van der Waals surface area contributed by atoms with Gasteiger partial charge >= 0.3 is 0 Å². The van der Waals surface area contributed by atoms with E-state index in [0.29, 0.717) is 0 Å². The van der Waals surface area contributed by atoms with Gasteiger partial charge in [-0.25, -0.2) is 0 Å². The summed E-state index contributed by atoms with van der Waals surface area (Å²) in [7, 11) is 0. The molecule has 1 aliphatic carbocycles. The van der Waals surface area contributed by atoms with Crippen molar-refractivity contribution in [3.8, 4) is 11.1 Å². The number of para-hydroxylation sites is 2. The first-order chi connectivity index (χ1) is 32.5. The lowest BCUT2D eigenvalue weighted by molar-refractivity contribution is 0.660. The van der Waals surface area contributed by atoms with Gasteiger partial charge in [0.15, 0.2) is 0 Å². The fraction of sp³-hybridized carbons (Fsp3) is 0.0476. The lowest BCUT2D eigenvalue weighted by atomic mass is 9.82. The second kappa shape index (κ2) is 13.8. The maximum atomic E-state index is 7.01. The molecule has 0 aliphatic heterocycles. The first kappa shape index (κ1) is 37.0. The summed E-state index contributed by atoms with van der Waals surface area (Å²) in [5, 5.41) is 15.9. The van der Waals surface area contributed by atoms with Gasteiger partial charge in [-0.1, -0.05) is 172 Å². The van der Waals surface area contributed by atoms with Gasteiger partial charge in [0.2, 0.25) is 0 Å². The van der Waals surface area contributed by atoms with E-state index in [-0.39, 0.29) is 5.41 Å². The molecule has 2 aromatic heterocycles. The van der Waals surface area contributed by atoms with Gasteiger partial charge in [-0.3, -0.25) is 0 Å². The van der Waals surface area contributed by atoms with Gasteiger partial charge in [-0.2, -0.15) is 0 Å². The Balaban J connectivity index is 1.18. The normalized spacial score (nSPS) is 13.1. The monoisotopic (exact) mass is 843 g/mol. The summed E-state index contributed by atoms with van der Waals surface area (Å²) >= 11 is 0. The summed E-state index contributed by atoms with van der Waals surface area (Å²) < 4.78 is 13.6. The van der Waals surface area contributed by atoms with Crippen LogP contribution in [-0.2, 0) is 5.41 Å². The summed E-state index contributed by atoms with van der Waals surface area (Å²) in [6, 6.07) is 77.5. The highest BCUT2D eigenvalue weighted by Gasteiger charge is 2.36. The zero-order valence-electron chi connectivity index (χ0n) is 36.5. The van der Waals surface area contributed by atoms with Gasteiger partial charge < -0.3 is 13.7 Å². The average molecular weight is 844 g/mol. The topological polar surface area (TPSA) is 29.5 Å². The van der Waals surface area contributed by atoms with E-state index >= 15 is 0 Å². The molecule has 0 N–H and O–H groups in total. The average Bonchev–Trinajstić information content (AvgIpc) is 4.01. The third-order valence-electron chi connectivity index (χ3n) is 14.5. The van der Waals surface area contributed by atoms with E-state index in [2.05, 4.69) is 225 Å². The molecule has 0 spiro atoms. The van der Waals surface area contributed by atoms with E-state index in [4.69, 9.17) is 8.83 Å². The summed E-state index contributed by atoms with van der Waals surface area (Å²) in [6.45, 7) is 4.71. The van der Waals surface area contributed by atoms with Gasteiger partial charge in [0.05, 0.1) is 11.1 Å². The highest BCUT2D eigenvalue weighted by Crippen LogP contribution is 2.52. The van der Waals surface area contributed by atoms with Gasteiger partial charge in [0.1, 0.15) is 22.3 Å². The van der Waals surface area contributed by atoms with Crippen molar-refractivity contribution < 1.29 is 8.83 Å². The first-order valence-electron chi connectivity index (χ1n) is 22.8. The number of hydrogen-bond donors (Lipinski definition) is 0. The van der Waals surface area contributed by atoms with Crippen LogP contribution in [0.1, 0.15) is 25.0 Å². The van der Waals surface area contributed by atoms with Crippen LogP contribution in [-0.4, -0.2) is 0 Å². The number of benzene rings is 10. The molecule has 13 aromatic rings. The van der Waals surface area contributed by atoms with Crippen LogP contribution in [0.3, 0.4) is 0 Å². The Kier molecular flexibility index (Phi) is 7.74. The number of furan rings is 2. The van der Waals surface area contributed by atoms with Gasteiger partial charge in [0, 0.05) is 38.3 Å². The molecule has 0 unspecified atom stereocenters. The van der Waals surface area contributed by atoms with Crippen molar-refractivity contribution in [2.24, 2.45) is 0 Å². The highest BCUT2D eigenvalue weighted by atomic mass is 16.3. The van der Waals surface area contributed by atoms with E-state index in [1.807, 2.05) is 6.07 Å². The van der Waals surface area contributed by atoms with Gasteiger partial charge in [0.25, 0.3) is 0 Å². The fourth-order valence-electron chi connectivity index (χ4n) is 11.5. The summed E-state index contributed by atoms with van der Waals surface area (Å²) in [5.41, 5.74) is 11.7. The molecule has 66 heavy (non-hydrogen) atoms. The number of hydrogen-bond acceptors (Lipinski definition) is 3. The largest absolute Gasteiger partial charge is 0.456 e. The van der Waals surface area contributed by atoms with Gasteiger partial charge in [-0.15, -0.1) is 0 Å². The standard InChI is InChI=1S/C63H41NO2/c1-63(2)54-25-12-9-21-46(54)47-33-31-39(37-55(47)63)64(56-26-15-29-59-61(56)52-24-11-14-28-58(52)65-59)38-30-32-45-43-19-6-4-17-41(43)40-16-3-5-18-42(40)44-20-7-8-23-49(44)60-50(53(45)36-38)34-35-51-48-22-10-13-27-57(48)66-62(51)60/h3-37H,1-2H3. The van der Waals surface area contributed by atoms with E-state index in [9.17, 15) is 0 Å². The van der Waals surface area contributed by atoms with E-state index in [1.165, 1.54) is 49.2 Å². The van der Waals surface area contributed by atoms with Crippen molar-refractivity contribution in [3.05, 3.63) is 223 Å². The maximum absolute atomic E-state index is 7.01. The molecule has 0 amide bonds. The zero-order chi connectivity index (χ0) is 43.7. The third-order valence-corrected chi connectivity index (χ3v) is 14.5. The van der Waals surface area contributed by atoms with Crippen LogP contribution < -0.4 is 4.90 Å². The zero-order valence-corrected chi connectivity index (χ0v) is 36.5. The van der Waals surface area contributed by atoms with E-state index < -0.39 is 0 Å². The molecular formula is C63H41NO2. The minimum Gasteiger partial charge on any atom is -0.456 e. The molecule has 11 aromatic carbocycles. The van der Waals surface area contributed by atoms with Crippen molar-refractivity contribution in [2.45, 2.75) is 19.3 Å². The minimum absolute atomic E-state index is 0.185. The molecule has 0 fully saturated rings. The highest BCUT2D eigenvalue weighted by molar-refractivity contribution is 6.31. The molecule has 1 aliphatic rings. The summed E-state index contributed by atoms with van der Waals surface area (Å²) in [6.07, 6.45) is 0. The summed E-state index contributed by atoms with van der Waals surface area (Å²) in [4.78, 5) is 2.46. The molecule has 310 valence electrons. The number of nitrogens with zero attached hydrogens (tertiary/aromatic N) is 1. The van der Waals surface area contributed by atoms with Crippen molar-refractivity contribution in [3.63, 3.8) is 0 Å². The molecule has 0 radical (unpaired) electrons. The second-order valence-electron chi connectivity index (χ2n) is 18.3.